The lowest BCUT2D eigenvalue weighted by molar-refractivity contribution is 0.318. The molecule has 0 aromatic carbocycles. The molecule has 0 unspecified atom stereocenters. The van der Waals surface area contributed by atoms with Gasteiger partial charge in [-0.3, -0.25) is 4.98 Å². The van der Waals surface area contributed by atoms with Crippen molar-refractivity contribution in [2.24, 2.45) is 10.9 Å². The SMILES string of the molecule is Cc1cc(/C(N)=N/O)nc(Oc2cccnc2C)n1. The average molecular weight is 259 g/mol. The predicted molar refractivity (Wildman–Crippen MR) is 68.3 cm³/mol. The van der Waals surface area contributed by atoms with E-state index in [9.17, 15) is 0 Å². The van der Waals surface area contributed by atoms with Crippen LogP contribution in [0.25, 0.3) is 0 Å². The Kier molecular flexibility index (Phi) is 3.56. The Hall–Kier alpha value is -2.70. The number of nitrogens with two attached hydrogens (primary N) is 1. The fourth-order valence-corrected chi connectivity index (χ4v) is 1.45. The fraction of sp³-hybridized carbons (Fsp3) is 0.167. The molecule has 0 bridgehead atoms. The van der Waals surface area contributed by atoms with Crippen LogP contribution in [-0.4, -0.2) is 26.0 Å². The predicted octanol–water partition coefficient (Wildman–Crippen LogP) is 1.38. The average Bonchev–Trinajstić information content (AvgIpc) is 2.40. The van der Waals surface area contributed by atoms with E-state index in [1.165, 1.54) is 0 Å². The third-order valence-electron chi connectivity index (χ3n) is 2.36. The molecule has 7 nitrogen and oxygen atoms in total. The van der Waals surface area contributed by atoms with Crippen molar-refractivity contribution < 1.29 is 9.94 Å². The van der Waals surface area contributed by atoms with Gasteiger partial charge in [-0.05, 0) is 32.0 Å². The molecule has 0 saturated carbocycles. The number of pyridine rings is 1. The number of hydrogen-bond donors (Lipinski definition) is 2. The minimum Gasteiger partial charge on any atom is -0.422 e. The summed E-state index contributed by atoms with van der Waals surface area (Å²) in [5, 5.41) is 11.6. The molecule has 0 aliphatic rings. The van der Waals surface area contributed by atoms with Crippen LogP contribution < -0.4 is 10.5 Å². The molecule has 0 amide bonds. The summed E-state index contributed by atoms with van der Waals surface area (Å²) in [5.74, 6) is 0.455. The zero-order valence-corrected chi connectivity index (χ0v) is 10.5. The van der Waals surface area contributed by atoms with Crippen molar-refractivity contribution in [2.75, 3.05) is 0 Å². The molecule has 2 aromatic heterocycles. The van der Waals surface area contributed by atoms with E-state index in [-0.39, 0.29) is 11.8 Å². The number of hydrogen-bond acceptors (Lipinski definition) is 6. The van der Waals surface area contributed by atoms with E-state index >= 15 is 0 Å². The van der Waals surface area contributed by atoms with E-state index < -0.39 is 0 Å². The highest BCUT2D eigenvalue weighted by Crippen LogP contribution is 2.20. The molecule has 98 valence electrons. The van der Waals surface area contributed by atoms with E-state index in [0.29, 0.717) is 17.1 Å². The van der Waals surface area contributed by atoms with Gasteiger partial charge in [0.25, 0.3) is 0 Å². The molecule has 7 heteroatoms. The summed E-state index contributed by atoms with van der Waals surface area (Å²) >= 11 is 0. The molecule has 3 N–H and O–H groups in total. The van der Waals surface area contributed by atoms with Crippen molar-refractivity contribution in [3.05, 3.63) is 41.5 Å². The summed E-state index contributed by atoms with van der Waals surface area (Å²) in [5.41, 5.74) is 7.16. The van der Waals surface area contributed by atoms with Crippen LogP contribution in [0, 0.1) is 13.8 Å². The summed E-state index contributed by atoms with van der Waals surface area (Å²) < 4.78 is 5.55. The second-order valence-corrected chi connectivity index (χ2v) is 3.85. The van der Waals surface area contributed by atoms with E-state index in [0.717, 1.165) is 5.69 Å². The molecule has 0 spiro atoms. The van der Waals surface area contributed by atoms with E-state index in [1.54, 1.807) is 31.3 Å². The molecule has 19 heavy (non-hydrogen) atoms. The number of nitrogens with zero attached hydrogens (tertiary/aromatic N) is 4. The number of oxime groups is 1. The van der Waals surface area contributed by atoms with Gasteiger partial charge in [0.15, 0.2) is 11.6 Å². The Labute approximate surface area is 109 Å². The molecule has 0 aliphatic heterocycles. The lowest BCUT2D eigenvalue weighted by Crippen LogP contribution is -2.16. The van der Waals surface area contributed by atoms with Gasteiger partial charge in [-0.15, -0.1) is 0 Å². The van der Waals surface area contributed by atoms with Crippen LogP contribution in [0.4, 0.5) is 0 Å². The molecular formula is C12H13N5O2. The molecule has 2 rings (SSSR count). The molecule has 2 heterocycles. The summed E-state index contributed by atoms with van der Waals surface area (Å²) in [6, 6.07) is 5.23. The van der Waals surface area contributed by atoms with Gasteiger partial charge in [-0.2, -0.15) is 4.98 Å². The van der Waals surface area contributed by atoms with Crippen molar-refractivity contribution in [3.63, 3.8) is 0 Å². The summed E-state index contributed by atoms with van der Waals surface area (Å²) in [6.45, 7) is 3.58. The first-order valence-electron chi connectivity index (χ1n) is 5.53. The van der Waals surface area contributed by atoms with Crippen LogP contribution in [0.3, 0.4) is 0 Å². The summed E-state index contributed by atoms with van der Waals surface area (Å²) in [7, 11) is 0. The van der Waals surface area contributed by atoms with E-state index in [1.807, 2.05) is 6.92 Å². The fourth-order valence-electron chi connectivity index (χ4n) is 1.45. The number of amidine groups is 1. The molecule has 0 atom stereocenters. The van der Waals surface area contributed by atoms with Gasteiger partial charge >= 0.3 is 6.01 Å². The minimum atomic E-state index is -0.0988. The lowest BCUT2D eigenvalue weighted by atomic mass is 10.3. The Balaban J connectivity index is 2.36. The zero-order chi connectivity index (χ0) is 13.8. The van der Waals surface area contributed by atoms with Crippen LogP contribution in [-0.2, 0) is 0 Å². The second-order valence-electron chi connectivity index (χ2n) is 3.85. The van der Waals surface area contributed by atoms with Crippen molar-refractivity contribution in [2.45, 2.75) is 13.8 Å². The van der Waals surface area contributed by atoms with Gasteiger partial charge in [0.1, 0.15) is 5.69 Å². The summed E-state index contributed by atoms with van der Waals surface area (Å²) in [6.07, 6.45) is 1.67. The van der Waals surface area contributed by atoms with Crippen LogP contribution in [0.2, 0.25) is 0 Å². The van der Waals surface area contributed by atoms with Crippen LogP contribution >= 0.6 is 0 Å². The maximum absolute atomic E-state index is 8.66. The van der Waals surface area contributed by atoms with E-state index in [2.05, 4.69) is 20.1 Å². The third kappa shape index (κ3) is 2.95. The molecular weight excluding hydrogens is 246 g/mol. The second kappa shape index (κ2) is 5.30. The first-order chi connectivity index (χ1) is 9.10. The zero-order valence-electron chi connectivity index (χ0n) is 10.5. The largest absolute Gasteiger partial charge is 0.422 e. The van der Waals surface area contributed by atoms with E-state index in [4.69, 9.17) is 15.7 Å². The van der Waals surface area contributed by atoms with Gasteiger partial charge in [0, 0.05) is 11.9 Å². The number of aryl methyl sites for hydroxylation is 2. The highest BCUT2D eigenvalue weighted by atomic mass is 16.5. The normalized spacial score (nSPS) is 11.4. The maximum atomic E-state index is 8.66. The first-order valence-corrected chi connectivity index (χ1v) is 5.53. The Morgan fingerprint density at radius 1 is 1.37 bits per heavy atom. The smallest absolute Gasteiger partial charge is 0.322 e. The van der Waals surface area contributed by atoms with Crippen molar-refractivity contribution in [1.82, 2.24) is 15.0 Å². The van der Waals surface area contributed by atoms with Crippen molar-refractivity contribution in [1.29, 1.82) is 0 Å². The highest BCUT2D eigenvalue weighted by molar-refractivity contribution is 5.95. The highest BCUT2D eigenvalue weighted by Gasteiger charge is 2.09. The van der Waals surface area contributed by atoms with Gasteiger partial charge in [0.05, 0.1) is 5.69 Å². The lowest BCUT2D eigenvalue weighted by Gasteiger charge is -2.07. The Bertz CT molecular complexity index is 627. The quantitative estimate of drug-likeness (QED) is 0.373. The maximum Gasteiger partial charge on any atom is 0.322 e. The Morgan fingerprint density at radius 2 is 2.16 bits per heavy atom. The van der Waals surface area contributed by atoms with Crippen LogP contribution in [0.15, 0.2) is 29.6 Å². The van der Waals surface area contributed by atoms with Crippen molar-refractivity contribution in [3.8, 4) is 11.8 Å². The van der Waals surface area contributed by atoms with Crippen LogP contribution in [0.5, 0.6) is 11.8 Å². The van der Waals surface area contributed by atoms with Gasteiger partial charge in [0.2, 0.25) is 0 Å². The third-order valence-corrected chi connectivity index (χ3v) is 2.36. The topological polar surface area (TPSA) is 107 Å². The standard InChI is InChI=1S/C12H13N5O2/c1-7-6-9(11(13)17-18)16-12(15-7)19-10-4-3-5-14-8(10)2/h3-6,18H,1-2H3,(H2,13,17). The first kappa shape index (κ1) is 12.7. The van der Waals surface area contributed by atoms with Gasteiger partial charge in [-0.25, -0.2) is 4.98 Å². The van der Waals surface area contributed by atoms with Gasteiger partial charge < -0.3 is 15.7 Å². The van der Waals surface area contributed by atoms with Crippen LogP contribution in [0.1, 0.15) is 17.1 Å². The minimum absolute atomic E-state index is 0.0988. The summed E-state index contributed by atoms with van der Waals surface area (Å²) in [4.78, 5) is 12.3. The number of rotatable bonds is 3. The monoisotopic (exact) mass is 259 g/mol. The molecule has 0 fully saturated rings. The molecule has 0 saturated heterocycles. The Morgan fingerprint density at radius 3 is 2.84 bits per heavy atom. The number of ether oxygens (including phenoxy) is 1. The molecule has 0 aliphatic carbocycles. The van der Waals surface area contributed by atoms with Gasteiger partial charge in [-0.1, -0.05) is 5.16 Å². The number of aromatic nitrogens is 3. The molecule has 0 radical (unpaired) electrons. The van der Waals surface area contributed by atoms with Crippen molar-refractivity contribution >= 4 is 5.84 Å². The molecule has 2 aromatic rings.